The van der Waals surface area contributed by atoms with E-state index in [1.54, 1.807) is 16.1 Å². The highest BCUT2D eigenvalue weighted by atomic mass is 79.9. The molecule has 0 atom stereocenters. The Kier molecular flexibility index (Phi) is 10.2. The Balaban J connectivity index is 1.46. The number of rotatable bonds is 11. The van der Waals surface area contributed by atoms with Gasteiger partial charge in [0.25, 0.3) is 0 Å². The average molecular weight is 570 g/mol. The zero-order valence-corrected chi connectivity index (χ0v) is 22.4. The van der Waals surface area contributed by atoms with Gasteiger partial charge >= 0.3 is 6.03 Å². The molecule has 0 radical (unpaired) electrons. The van der Waals surface area contributed by atoms with Crippen molar-refractivity contribution in [1.82, 2.24) is 14.7 Å². The van der Waals surface area contributed by atoms with Crippen LogP contribution in [-0.2, 0) is 22.6 Å². The molecule has 1 N–H and O–H groups in total. The Morgan fingerprint density at radius 3 is 2.41 bits per heavy atom. The van der Waals surface area contributed by atoms with Gasteiger partial charge in [-0.3, -0.25) is 9.69 Å². The molecule has 0 aliphatic carbocycles. The molecule has 1 saturated heterocycles. The van der Waals surface area contributed by atoms with Crippen LogP contribution < -0.4 is 5.32 Å². The molecular formula is C28H33BrN4O4. The summed E-state index contributed by atoms with van der Waals surface area (Å²) >= 11 is 3.49. The van der Waals surface area contributed by atoms with Crippen molar-refractivity contribution in [2.24, 2.45) is 0 Å². The number of ether oxygens (including phenoxy) is 1. The van der Waals surface area contributed by atoms with Crippen LogP contribution in [-0.4, -0.2) is 72.6 Å². The van der Waals surface area contributed by atoms with Gasteiger partial charge in [-0.05, 0) is 52.2 Å². The minimum Gasteiger partial charge on any atom is -0.467 e. The van der Waals surface area contributed by atoms with E-state index in [9.17, 15) is 9.59 Å². The van der Waals surface area contributed by atoms with Crippen molar-refractivity contribution < 1.29 is 18.7 Å². The molecule has 196 valence electrons. The second kappa shape index (κ2) is 14.0. The molecule has 0 unspecified atom stereocenters. The first-order chi connectivity index (χ1) is 18.1. The summed E-state index contributed by atoms with van der Waals surface area (Å²) in [5.74, 6) is 0.551. The number of furan rings is 1. The van der Waals surface area contributed by atoms with Gasteiger partial charge < -0.3 is 24.3 Å². The average Bonchev–Trinajstić information content (AvgIpc) is 3.43. The fourth-order valence-electron chi connectivity index (χ4n) is 4.21. The van der Waals surface area contributed by atoms with E-state index in [0.29, 0.717) is 31.1 Å². The van der Waals surface area contributed by atoms with Gasteiger partial charge in [-0.25, -0.2) is 4.79 Å². The molecule has 3 aromatic rings. The lowest BCUT2D eigenvalue weighted by molar-refractivity contribution is -0.133. The number of amides is 3. The fraction of sp³-hybridized carbons (Fsp3) is 0.357. The maximum absolute atomic E-state index is 13.6. The number of benzene rings is 2. The van der Waals surface area contributed by atoms with E-state index < -0.39 is 0 Å². The van der Waals surface area contributed by atoms with Gasteiger partial charge in [0.2, 0.25) is 5.91 Å². The highest BCUT2D eigenvalue weighted by Crippen LogP contribution is 2.22. The summed E-state index contributed by atoms with van der Waals surface area (Å²) in [6.45, 7) is 5.24. The number of nitrogens with zero attached hydrogens (tertiary/aromatic N) is 3. The number of carbonyl (C=O) groups is 2. The Hall–Kier alpha value is -3.14. The minimum atomic E-state index is -0.306. The number of hydrogen-bond donors (Lipinski definition) is 1. The molecule has 3 amide bonds. The van der Waals surface area contributed by atoms with Gasteiger partial charge in [0, 0.05) is 37.2 Å². The van der Waals surface area contributed by atoms with E-state index in [-0.39, 0.29) is 18.5 Å². The smallest absolute Gasteiger partial charge is 0.322 e. The zero-order chi connectivity index (χ0) is 25.9. The van der Waals surface area contributed by atoms with Crippen LogP contribution in [0, 0.1) is 0 Å². The first kappa shape index (κ1) is 26.9. The summed E-state index contributed by atoms with van der Waals surface area (Å²) < 4.78 is 11.7. The summed E-state index contributed by atoms with van der Waals surface area (Å²) in [4.78, 5) is 32.6. The molecule has 0 bridgehead atoms. The van der Waals surface area contributed by atoms with Gasteiger partial charge in [0.05, 0.1) is 31.7 Å². The van der Waals surface area contributed by atoms with Crippen LogP contribution in [0.3, 0.4) is 0 Å². The second-order valence-corrected chi connectivity index (χ2v) is 9.81. The number of anilines is 1. The molecule has 2 heterocycles. The quantitative estimate of drug-likeness (QED) is 0.358. The SMILES string of the molecule is O=C(CN(CCCN1CCOCC1)C(=O)Nc1ccccc1Br)N(Cc1ccccc1)Cc1ccco1. The van der Waals surface area contributed by atoms with Crippen molar-refractivity contribution in [3.63, 3.8) is 0 Å². The van der Waals surface area contributed by atoms with Crippen LogP contribution in [0.5, 0.6) is 0 Å². The van der Waals surface area contributed by atoms with Gasteiger partial charge in [-0.2, -0.15) is 0 Å². The summed E-state index contributed by atoms with van der Waals surface area (Å²) in [7, 11) is 0. The molecule has 1 aliphatic rings. The Bertz CT molecular complexity index is 1120. The summed E-state index contributed by atoms with van der Waals surface area (Å²) in [6.07, 6.45) is 2.36. The van der Waals surface area contributed by atoms with Crippen molar-refractivity contribution in [3.8, 4) is 0 Å². The summed E-state index contributed by atoms with van der Waals surface area (Å²) in [5.41, 5.74) is 1.67. The maximum atomic E-state index is 13.6. The number of hydrogen-bond acceptors (Lipinski definition) is 5. The summed E-state index contributed by atoms with van der Waals surface area (Å²) in [6, 6.07) is 20.6. The molecular weight excluding hydrogens is 536 g/mol. The molecule has 2 aromatic carbocycles. The standard InChI is InChI=1S/C28H33BrN4O4/c29-25-11-4-5-12-26(25)30-28(35)32(14-7-13-31-15-18-36-19-16-31)22-27(34)33(21-24-10-6-17-37-24)20-23-8-2-1-3-9-23/h1-6,8-12,17H,7,13-16,18-22H2,(H,30,35). The normalized spacial score (nSPS) is 13.8. The van der Waals surface area contributed by atoms with Gasteiger partial charge in [0.1, 0.15) is 12.3 Å². The lowest BCUT2D eigenvalue weighted by atomic mass is 10.2. The highest BCUT2D eigenvalue weighted by molar-refractivity contribution is 9.10. The largest absolute Gasteiger partial charge is 0.467 e. The fourth-order valence-corrected chi connectivity index (χ4v) is 4.59. The third kappa shape index (κ3) is 8.45. The molecule has 1 fully saturated rings. The topological polar surface area (TPSA) is 78.3 Å². The molecule has 1 aliphatic heterocycles. The molecule has 0 saturated carbocycles. The van der Waals surface area contributed by atoms with Crippen LogP contribution in [0.4, 0.5) is 10.5 Å². The predicted molar refractivity (Wildman–Crippen MR) is 146 cm³/mol. The second-order valence-electron chi connectivity index (χ2n) is 8.95. The van der Waals surface area contributed by atoms with Crippen LogP contribution >= 0.6 is 15.9 Å². The number of morpholine rings is 1. The number of para-hydroxylation sites is 1. The lowest BCUT2D eigenvalue weighted by Crippen LogP contribution is -2.45. The molecule has 0 spiro atoms. The van der Waals surface area contributed by atoms with E-state index in [4.69, 9.17) is 9.15 Å². The van der Waals surface area contributed by atoms with Gasteiger partial charge in [0.15, 0.2) is 0 Å². The molecule has 37 heavy (non-hydrogen) atoms. The third-order valence-corrected chi connectivity index (χ3v) is 6.92. The van der Waals surface area contributed by atoms with Crippen molar-refractivity contribution in [2.75, 3.05) is 51.3 Å². The van der Waals surface area contributed by atoms with Crippen LogP contribution in [0.25, 0.3) is 0 Å². The van der Waals surface area contributed by atoms with E-state index >= 15 is 0 Å². The third-order valence-electron chi connectivity index (χ3n) is 6.23. The van der Waals surface area contributed by atoms with Crippen LogP contribution in [0.1, 0.15) is 17.7 Å². The Labute approximate surface area is 226 Å². The molecule has 9 heteroatoms. The van der Waals surface area contributed by atoms with Crippen LogP contribution in [0.2, 0.25) is 0 Å². The van der Waals surface area contributed by atoms with Crippen LogP contribution in [0.15, 0.2) is 81.9 Å². The number of carbonyl (C=O) groups excluding carboxylic acids is 2. The minimum absolute atomic E-state index is 0.0348. The maximum Gasteiger partial charge on any atom is 0.322 e. The van der Waals surface area contributed by atoms with Crippen molar-refractivity contribution >= 4 is 33.6 Å². The van der Waals surface area contributed by atoms with E-state index in [0.717, 1.165) is 49.3 Å². The Morgan fingerprint density at radius 1 is 0.919 bits per heavy atom. The monoisotopic (exact) mass is 568 g/mol. The van der Waals surface area contributed by atoms with Crippen molar-refractivity contribution in [2.45, 2.75) is 19.5 Å². The number of halogens is 1. The first-order valence-corrected chi connectivity index (χ1v) is 13.3. The number of nitrogens with one attached hydrogen (secondary N) is 1. The predicted octanol–water partition coefficient (Wildman–Crippen LogP) is 4.83. The highest BCUT2D eigenvalue weighted by Gasteiger charge is 2.23. The van der Waals surface area contributed by atoms with Crippen molar-refractivity contribution in [3.05, 3.63) is 88.8 Å². The van der Waals surface area contributed by atoms with Gasteiger partial charge in [-0.1, -0.05) is 42.5 Å². The lowest BCUT2D eigenvalue weighted by Gasteiger charge is -2.30. The Morgan fingerprint density at radius 2 is 1.68 bits per heavy atom. The van der Waals surface area contributed by atoms with E-state index in [1.165, 1.54) is 0 Å². The molecule has 8 nitrogen and oxygen atoms in total. The van der Waals surface area contributed by atoms with Gasteiger partial charge in [-0.15, -0.1) is 0 Å². The summed E-state index contributed by atoms with van der Waals surface area (Å²) in [5, 5.41) is 2.96. The van der Waals surface area contributed by atoms with Crippen molar-refractivity contribution in [1.29, 1.82) is 0 Å². The molecule has 1 aromatic heterocycles. The van der Waals surface area contributed by atoms with E-state index in [1.807, 2.05) is 66.7 Å². The van der Waals surface area contributed by atoms with E-state index in [2.05, 4.69) is 26.1 Å². The first-order valence-electron chi connectivity index (χ1n) is 12.5. The molecule has 4 rings (SSSR count). The zero-order valence-electron chi connectivity index (χ0n) is 20.9. The number of urea groups is 1.